The second kappa shape index (κ2) is 7.56. The van der Waals surface area contributed by atoms with E-state index in [1.165, 1.54) is 6.92 Å². The monoisotopic (exact) mass is 262 g/mol. The molecule has 0 spiro atoms. The van der Waals surface area contributed by atoms with Gasteiger partial charge in [-0.3, -0.25) is 9.59 Å². The van der Waals surface area contributed by atoms with Crippen LogP contribution in [0, 0.1) is 6.92 Å². The normalized spacial score (nSPS) is 10.1. The highest BCUT2D eigenvalue weighted by Crippen LogP contribution is 2.07. The maximum absolute atomic E-state index is 12.3. The Kier molecular flexibility index (Phi) is 6.06. The Hall–Kier alpha value is -1.84. The predicted octanol–water partition coefficient (Wildman–Crippen LogP) is 1.98. The molecule has 0 aliphatic heterocycles. The number of nitrogens with one attached hydrogen (secondary N) is 1. The first kappa shape index (κ1) is 15.2. The van der Waals surface area contributed by atoms with E-state index in [0.717, 1.165) is 12.0 Å². The lowest BCUT2D eigenvalue weighted by Crippen LogP contribution is -2.33. The van der Waals surface area contributed by atoms with Crippen molar-refractivity contribution in [3.63, 3.8) is 0 Å². The molecule has 0 aromatic heterocycles. The molecule has 0 heterocycles. The van der Waals surface area contributed by atoms with Crippen molar-refractivity contribution >= 4 is 11.8 Å². The van der Waals surface area contributed by atoms with Gasteiger partial charge in [-0.1, -0.05) is 17.7 Å². The van der Waals surface area contributed by atoms with Gasteiger partial charge >= 0.3 is 0 Å². The third-order valence-electron chi connectivity index (χ3n) is 2.95. The van der Waals surface area contributed by atoms with Crippen LogP contribution in [-0.4, -0.2) is 36.3 Å². The predicted molar refractivity (Wildman–Crippen MR) is 76.1 cm³/mol. The summed E-state index contributed by atoms with van der Waals surface area (Å²) in [6.07, 6.45) is 0.769. The quantitative estimate of drug-likeness (QED) is 0.797. The van der Waals surface area contributed by atoms with Gasteiger partial charge in [0.05, 0.1) is 0 Å². The molecular weight excluding hydrogens is 240 g/mol. The molecule has 0 saturated heterocycles. The minimum absolute atomic E-state index is 0.0343. The zero-order valence-corrected chi connectivity index (χ0v) is 11.9. The molecule has 1 N–H and O–H groups in total. The van der Waals surface area contributed by atoms with Crippen LogP contribution in [-0.2, 0) is 4.79 Å². The summed E-state index contributed by atoms with van der Waals surface area (Å²) >= 11 is 0. The first-order chi connectivity index (χ1) is 9.04. The average Bonchev–Trinajstić information content (AvgIpc) is 2.39. The number of benzene rings is 1. The van der Waals surface area contributed by atoms with Gasteiger partial charge in [-0.05, 0) is 32.4 Å². The molecule has 104 valence electrons. The van der Waals surface area contributed by atoms with Crippen molar-refractivity contribution in [1.29, 1.82) is 0 Å². The van der Waals surface area contributed by atoms with Gasteiger partial charge in [-0.25, -0.2) is 0 Å². The van der Waals surface area contributed by atoms with E-state index in [9.17, 15) is 9.59 Å². The molecule has 0 radical (unpaired) electrons. The van der Waals surface area contributed by atoms with Crippen LogP contribution in [0.5, 0.6) is 0 Å². The summed E-state index contributed by atoms with van der Waals surface area (Å²) in [5.41, 5.74) is 1.86. The van der Waals surface area contributed by atoms with Crippen molar-refractivity contribution in [3.8, 4) is 0 Å². The van der Waals surface area contributed by atoms with E-state index in [1.54, 1.807) is 4.90 Å². The van der Waals surface area contributed by atoms with Gasteiger partial charge in [0.25, 0.3) is 5.91 Å². The van der Waals surface area contributed by atoms with Gasteiger partial charge in [0.15, 0.2) is 0 Å². The van der Waals surface area contributed by atoms with Crippen LogP contribution >= 0.6 is 0 Å². The smallest absolute Gasteiger partial charge is 0.253 e. The van der Waals surface area contributed by atoms with Crippen molar-refractivity contribution in [1.82, 2.24) is 10.2 Å². The summed E-state index contributed by atoms with van der Waals surface area (Å²) in [4.78, 5) is 24.8. The standard InChI is InChI=1S/C15H22N2O2/c1-4-17(11-5-10-16-13(3)18)15(19)14-8-6-12(2)7-9-14/h6-9H,4-5,10-11H2,1-3H3,(H,16,18). The molecule has 2 amide bonds. The highest BCUT2D eigenvalue weighted by Gasteiger charge is 2.13. The molecular formula is C15H22N2O2. The Morgan fingerprint density at radius 1 is 1.21 bits per heavy atom. The number of carbonyl (C=O) groups excluding carboxylic acids is 2. The lowest BCUT2D eigenvalue weighted by Gasteiger charge is -2.21. The highest BCUT2D eigenvalue weighted by atomic mass is 16.2. The maximum atomic E-state index is 12.3. The fraction of sp³-hybridized carbons (Fsp3) is 0.467. The summed E-state index contributed by atoms with van der Waals surface area (Å²) in [5, 5.41) is 2.73. The third-order valence-corrected chi connectivity index (χ3v) is 2.95. The minimum atomic E-state index is -0.0343. The summed E-state index contributed by atoms with van der Waals surface area (Å²) in [7, 11) is 0. The molecule has 1 rings (SSSR count). The summed E-state index contributed by atoms with van der Waals surface area (Å²) in [5.74, 6) is 0.0123. The number of hydrogen-bond donors (Lipinski definition) is 1. The Labute approximate surface area is 114 Å². The van der Waals surface area contributed by atoms with E-state index >= 15 is 0 Å². The fourth-order valence-electron chi connectivity index (χ4n) is 1.82. The SMILES string of the molecule is CCN(CCCNC(C)=O)C(=O)c1ccc(C)cc1. The van der Waals surface area contributed by atoms with E-state index in [0.29, 0.717) is 25.2 Å². The van der Waals surface area contributed by atoms with Crippen molar-refractivity contribution < 1.29 is 9.59 Å². The molecule has 1 aromatic carbocycles. The van der Waals surface area contributed by atoms with Crippen LogP contribution < -0.4 is 5.32 Å². The molecule has 4 nitrogen and oxygen atoms in total. The topological polar surface area (TPSA) is 49.4 Å². The second-order valence-electron chi connectivity index (χ2n) is 4.59. The third kappa shape index (κ3) is 5.12. The van der Waals surface area contributed by atoms with E-state index in [-0.39, 0.29) is 11.8 Å². The maximum Gasteiger partial charge on any atom is 0.253 e. The molecule has 0 atom stereocenters. The Balaban J connectivity index is 2.52. The molecule has 0 saturated carbocycles. The van der Waals surface area contributed by atoms with Gasteiger partial charge in [-0.15, -0.1) is 0 Å². The lowest BCUT2D eigenvalue weighted by atomic mass is 10.1. The van der Waals surface area contributed by atoms with E-state index < -0.39 is 0 Å². The van der Waals surface area contributed by atoms with Crippen molar-refractivity contribution in [3.05, 3.63) is 35.4 Å². The molecule has 0 aliphatic carbocycles. The average molecular weight is 262 g/mol. The molecule has 0 fully saturated rings. The Morgan fingerprint density at radius 2 is 1.84 bits per heavy atom. The number of hydrogen-bond acceptors (Lipinski definition) is 2. The molecule has 1 aromatic rings. The number of amides is 2. The Morgan fingerprint density at radius 3 is 2.37 bits per heavy atom. The van der Waals surface area contributed by atoms with Crippen LogP contribution in [0.1, 0.15) is 36.2 Å². The molecule has 0 bridgehead atoms. The van der Waals surface area contributed by atoms with E-state index in [4.69, 9.17) is 0 Å². The number of nitrogens with zero attached hydrogens (tertiary/aromatic N) is 1. The second-order valence-corrected chi connectivity index (χ2v) is 4.59. The van der Waals surface area contributed by atoms with Crippen LogP contribution in [0.4, 0.5) is 0 Å². The van der Waals surface area contributed by atoms with Crippen molar-refractivity contribution in [2.24, 2.45) is 0 Å². The van der Waals surface area contributed by atoms with Gasteiger partial charge in [0.1, 0.15) is 0 Å². The zero-order valence-electron chi connectivity index (χ0n) is 11.9. The van der Waals surface area contributed by atoms with Crippen LogP contribution in [0.3, 0.4) is 0 Å². The first-order valence-electron chi connectivity index (χ1n) is 6.65. The van der Waals surface area contributed by atoms with Crippen LogP contribution in [0.25, 0.3) is 0 Å². The van der Waals surface area contributed by atoms with Crippen molar-refractivity contribution in [2.75, 3.05) is 19.6 Å². The first-order valence-corrected chi connectivity index (χ1v) is 6.65. The van der Waals surface area contributed by atoms with Gasteiger partial charge in [0, 0.05) is 32.1 Å². The van der Waals surface area contributed by atoms with Gasteiger partial charge in [-0.2, -0.15) is 0 Å². The summed E-state index contributed by atoms with van der Waals surface area (Å²) < 4.78 is 0. The van der Waals surface area contributed by atoms with E-state index in [2.05, 4.69) is 5.32 Å². The largest absolute Gasteiger partial charge is 0.356 e. The number of aryl methyl sites for hydroxylation is 1. The van der Waals surface area contributed by atoms with Crippen LogP contribution in [0.2, 0.25) is 0 Å². The molecule has 19 heavy (non-hydrogen) atoms. The minimum Gasteiger partial charge on any atom is -0.356 e. The summed E-state index contributed by atoms with van der Waals surface area (Å²) in [6.45, 7) is 7.39. The summed E-state index contributed by atoms with van der Waals surface area (Å²) in [6, 6.07) is 7.60. The lowest BCUT2D eigenvalue weighted by molar-refractivity contribution is -0.118. The fourth-order valence-corrected chi connectivity index (χ4v) is 1.82. The highest BCUT2D eigenvalue weighted by molar-refractivity contribution is 5.94. The van der Waals surface area contributed by atoms with Gasteiger partial charge < -0.3 is 10.2 Å². The molecule has 0 unspecified atom stereocenters. The number of carbonyl (C=O) groups is 2. The molecule has 4 heteroatoms. The van der Waals surface area contributed by atoms with E-state index in [1.807, 2.05) is 38.1 Å². The zero-order chi connectivity index (χ0) is 14.3. The van der Waals surface area contributed by atoms with Gasteiger partial charge in [0.2, 0.25) is 5.91 Å². The Bertz CT molecular complexity index is 426. The number of rotatable bonds is 6. The van der Waals surface area contributed by atoms with Crippen LogP contribution in [0.15, 0.2) is 24.3 Å². The molecule has 0 aliphatic rings. The van der Waals surface area contributed by atoms with Crippen molar-refractivity contribution in [2.45, 2.75) is 27.2 Å².